The molecule has 5 nitrogen and oxygen atoms in total. The number of hydrogen-bond donors (Lipinski definition) is 1. The lowest BCUT2D eigenvalue weighted by Gasteiger charge is -2.00. The molecule has 1 aromatic heterocycles. The van der Waals surface area contributed by atoms with Gasteiger partial charge in [0.05, 0.1) is 18.8 Å². The van der Waals surface area contributed by atoms with Gasteiger partial charge in [-0.25, -0.2) is 4.79 Å². The largest absolute Gasteiger partial charge is 0.478 e. The van der Waals surface area contributed by atoms with Crippen LogP contribution in [0, 0.1) is 6.92 Å². The molecule has 0 saturated carbocycles. The number of carboxylic acids is 1. The van der Waals surface area contributed by atoms with Crippen molar-refractivity contribution in [3.63, 3.8) is 0 Å². The molecule has 0 spiro atoms. The highest BCUT2D eigenvalue weighted by molar-refractivity contribution is 5.88. The van der Waals surface area contributed by atoms with E-state index in [1.165, 1.54) is 6.20 Å². The van der Waals surface area contributed by atoms with Gasteiger partial charge < -0.3 is 9.84 Å². The minimum absolute atomic E-state index is 0.251. The van der Waals surface area contributed by atoms with Crippen LogP contribution in [0.2, 0.25) is 0 Å². The van der Waals surface area contributed by atoms with Crippen molar-refractivity contribution < 1.29 is 14.6 Å². The molecule has 14 heavy (non-hydrogen) atoms. The Hall–Kier alpha value is -1.36. The average molecular weight is 198 g/mol. The molecule has 1 heterocycles. The van der Waals surface area contributed by atoms with Gasteiger partial charge in [0.1, 0.15) is 5.56 Å². The van der Waals surface area contributed by atoms with Gasteiger partial charge in [-0.3, -0.25) is 4.68 Å². The van der Waals surface area contributed by atoms with Crippen LogP contribution in [0.4, 0.5) is 0 Å². The predicted octanol–water partition coefficient (Wildman–Crippen LogP) is 0.926. The lowest BCUT2D eigenvalue weighted by atomic mass is 10.3. The molecule has 0 radical (unpaired) electrons. The number of carboxylic acid groups (broad SMARTS) is 1. The van der Waals surface area contributed by atoms with Crippen LogP contribution in [0.25, 0.3) is 0 Å². The molecule has 1 aromatic rings. The highest BCUT2D eigenvalue weighted by Gasteiger charge is 2.10. The zero-order valence-corrected chi connectivity index (χ0v) is 8.36. The van der Waals surface area contributed by atoms with Crippen LogP contribution in [-0.4, -0.2) is 34.1 Å². The van der Waals surface area contributed by atoms with Crippen molar-refractivity contribution >= 4 is 5.97 Å². The second kappa shape index (κ2) is 4.76. The van der Waals surface area contributed by atoms with E-state index in [0.717, 1.165) is 0 Å². The highest BCUT2D eigenvalue weighted by atomic mass is 16.5. The summed E-state index contributed by atoms with van der Waals surface area (Å²) < 4.78 is 6.73. The minimum Gasteiger partial charge on any atom is -0.478 e. The van der Waals surface area contributed by atoms with Crippen molar-refractivity contribution in [3.8, 4) is 0 Å². The van der Waals surface area contributed by atoms with Crippen LogP contribution in [0.15, 0.2) is 6.20 Å². The molecule has 0 aliphatic rings. The number of aromatic nitrogens is 2. The summed E-state index contributed by atoms with van der Waals surface area (Å²) in [6, 6.07) is 0. The van der Waals surface area contributed by atoms with Gasteiger partial charge in [-0.2, -0.15) is 5.10 Å². The molecule has 0 aromatic carbocycles. The highest BCUT2D eigenvalue weighted by Crippen LogP contribution is 2.04. The van der Waals surface area contributed by atoms with Crippen LogP contribution in [0.1, 0.15) is 23.0 Å². The molecule has 78 valence electrons. The topological polar surface area (TPSA) is 64.3 Å². The summed E-state index contributed by atoms with van der Waals surface area (Å²) in [7, 11) is 0. The number of aryl methyl sites for hydroxylation is 1. The molecule has 0 aliphatic heterocycles. The van der Waals surface area contributed by atoms with Gasteiger partial charge in [0.2, 0.25) is 0 Å². The molecule has 1 N–H and O–H groups in total. The van der Waals surface area contributed by atoms with Gasteiger partial charge in [0.15, 0.2) is 0 Å². The van der Waals surface area contributed by atoms with Crippen LogP contribution in [-0.2, 0) is 11.3 Å². The van der Waals surface area contributed by atoms with Crippen LogP contribution in [0.5, 0.6) is 0 Å². The molecule has 0 saturated heterocycles. The first-order valence-corrected chi connectivity index (χ1v) is 4.50. The maximum absolute atomic E-state index is 10.7. The van der Waals surface area contributed by atoms with Crippen molar-refractivity contribution in [1.29, 1.82) is 0 Å². The van der Waals surface area contributed by atoms with E-state index in [2.05, 4.69) is 5.10 Å². The first-order valence-electron chi connectivity index (χ1n) is 4.50. The van der Waals surface area contributed by atoms with Crippen molar-refractivity contribution in [2.75, 3.05) is 13.2 Å². The third kappa shape index (κ3) is 2.56. The van der Waals surface area contributed by atoms with E-state index in [4.69, 9.17) is 9.84 Å². The molecule has 5 heteroatoms. The van der Waals surface area contributed by atoms with Crippen molar-refractivity contribution in [2.24, 2.45) is 0 Å². The first kappa shape index (κ1) is 10.7. The standard InChI is InChI=1S/C9H14N2O3/c1-3-14-5-4-11-6-8(9(12)13)7(2)10-11/h6H,3-5H2,1-2H3,(H,12,13). The summed E-state index contributed by atoms with van der Waals surface area (Å²) in [6.45, 7) is 5.39. The van der Waals surface area contributed by atoms with Gasteiger partial charge in [0.25, 0.3) is 0 Å². The first-order chi connectivity index (χ1) is 6.65. The second-order valence-electron chi connectivity index (χ2n) is 2.89. The van der Waals surface area contributed by atoms with Crippen LogP contribution < -0.4 is 0 Å². The number of aromatic carboxylic acids is 1. The summed E-state index contributed by atoms with van der Waals surface area (Å²) >= 11 is 0. The average Bonchev–Trinajstić information content (AvgIpc) is 2.47. The monoisotopic (exact) mass is 198 g/mol. The third-order valence-electron chi connectivity index (χ3n) is 1.85. The normalized spacial score (nSPS) is 10.4. The van der Waals surface area contributed by atoms with E-state index in [1.807, 2.05) is 6.92 Å². The Kier molecular flexibility index (Phi) is 3.64. The quantitative estimate of drug-likeness (QED) is 0.715. The molecule has 0 atom stereocenters. The summed E-state index contributed by atoms with van der Waals surface area (Å²) in [6.07, 6.45) is 1.52. The molecule has 0 bridgehead atoms. The molecular weight excluding hydrogens is 184 g/mol. The maximum atomic E-state index is 10.7. The number of ether oxygens (including phenoxy) is 1. The minimum atomic E-state index is -0.940. The third-order valence-corrected chi connectivity index (χ3v) is 1.85. The second-order valence-corrected chi connectivity index (χ2v) is 2.89. The van der Waals surface area contributed by atoms with Crippen LogP contribution >= 0.6 is 0 Å². The van der Waals surface area contributed by atoms with E-state index in [1.54, 1.807) is 11.6 Å². The fourth-order valence-corrected chi connectivity index (χ4v) is 1.14. The zero-order chi connectivity index (χ0) is 10.6. The summed E-state index contributed by atoms with van der Waals surface area (Å²) in [5.74, 6) is -0.940. The van der Waals surface area contributed by atoms with Gasteiger partial charge in [0, 0.05) is 12.8 Å². The van der Waals surface area contributed by atoms with Crippen LogP contribution in [0.3, 0.4) is 0 Å². The lowest BCUT2D eigenvalue weighted by molar-refractivity contribution is 0.0696. The van der Waals surface area contributed by atoms with Crippen molar-refractivity contribution in [1.82, 2.24) is 9.78 Å². The van der Waals surface area contributed by atoms with E-state index in [-0.39, 0.29) is 5.56 Å². The Morgan fingerprint density at radius 2 is 2.43 bits per heavy atom. The lowest BCUT2D eigenvalue weighted by Crippen LogP contribution is -2.06. The molecule has 0 amide bonds. The fourth-order valence-electron chi connectivity index (χ4n) is 1.14. The molecular formula is C9H14N2O3. The Morgan fingerprint density at radius 1 is 1.71 bits per heavy atom. The Morgan fingerprint density at radius 3 is 2.93 bits per heavy atom. The summed E-state index contributed by atoms with van der Waals surface area (Å²) in [5.41, 5.74) is 0.787. The van der Waals surface area contributed by atoms with E-state index in [9.17, 15) is 4.79 Å². The van der Waals surface area contributed by atoms with E-state index >= 15 is 0 Å². The molecule has 0 aliphatic carbocycles. The number of nitrogens with zero attached hydrogens (tertiary/aromatic N) is 2. The Bertz CT molecular complexity index is 320. The molecule has 1 rings (SSSR count). The zero-order valence-electron chi connectivity index (χ0n) is 8.36. The number of hydrogen-bond acceptors (Lipinski definition) is 3. The molecule has 0 unspecified atom stereocenters. The summed E-state index contributed by atoms with van der Waals surface area (Å²) in [5, 5.41) is 12.8. The van der Waals surface area contributed by atoms with Gasteiger partial charge >= 0.3 is 5.97 Å². The van der Waals surface area contributed by atoms with Gasteiger partial charge in [-0.1, -0.05) is 0 Å². The summed E-state index contributed by atoms with van der Waals surface area (Å²) in [4.78, 5) is 10.7. The number of carbonyl (C=O) groups is 1. The molecule has 0 fully saturated rings. The Balaban J connectivity index is 2.62. The van der Waals surface area contributed by atoms with Gasteiger partial charge in [-0.15, -0.1) is 0 Å². The maximum Gasteiger partial charge on any atom is 0.339 e. The Labute approximate surface area is 82.3 Å². The van der Waals surface area contributed by atoms with Crippen molar-refractivity contribution in [3.05, 3.63) is 17.5 Å². The fraction of sp³-hybridized carbons (Fsp3) is 0.556. The van der Waals surface area contributed by atoms with E-state index in [0.29, 0.717) is 25.5 Å². The van der Waals surface area contributed by atoms with E-state index < -0.39 is 5.97 Å². The predicted molar refractivity (Wildman–Crippen MR) is 50.4 cm³/mol. The van der Waals surface area contributed by atoms with Crippen molar-refractivity contribution in [2.45, 2.75) is 20.4 Å². The smallest absolute Gasteiger partial charge is 0.339 e. The number of rotatable bonds is 5. The van der Waals surface area contributed by atoms with Gasteiger partial charge in [-0.05, 0) is 13.8 Å². The SMILES string of the molecule is CCOCCn1cc(C(=O)O)c(C)n1.